The molecule has 0 aromatic heterocycles. The molecule has 0 unspecified atom stereocenters. The Kier molecular flexibility index (Phi) is 4.42. The van der Waals surface area contributed by atoms with Gasteiger partial charge in [0.25, 0.3) is 0 Å². The second-order valence-electron chi connectivity index (χ2n) is 5.67. The van der Waals surface area contributed by atoms with Crippen molar-refractivity contribution in [3.8, 4) is 5.75 Å². The molecule has 2 aliphatic heterocycles. The van der Waals surface area contributed by atoms with Gasteiger partial charge in [0.05, 0.1) is 37.5 Å². The van der Waals surface area contributed by atoms with Crippen molar-refractivity contribution in [2.24, 2.45) is 0 Å². The predicted octanol–water partition coefficient (Wildman–Crippen LogP) is 0.806. The molecule has 1 fully saturated rings. The Hall–Kier alpha value is -1.50. The van der Waals surface area contributed by atoms with Crippen LogP contribution in [0.4, 0.5) is 5.69 Å². The topological polar surface area (TPSA) is 71.0 Å². The largest absolute Gasteiger partial charge is 0.490 e. The molecule has 0 aliphatic carbocycles. The fraction of sp³-hybridized carbons (Fsp3) is 0.533. The van der Waals surface area contributed by atoms with Crippen LogP contribution in [0.3, 0.4) is 0 Å². The van der Waals surface area contributed by atoms with Crippen molar-refractivity contribution in [1.82, 2.24) is 5.32 Å². The van der Waals surface area contributed by atoms with Gasteiger partial charge in [-0.15, -0.1) is 0 Å². The molecule has 22 heavy (non-hydrogen) atoms. The van der Waals surface area contributed by atoms with Gasteiger partial charge in [0.1, 0.15) is 12.4 Å². The van der Waals surface area contributed by atoms with Crippen molar-refractivity contribution in [3.63, 3.8) is 0 Å². The molecule has 0 bridgehead atoms. The molecule has 3 rings (SSSR count). The van der Waals surface area contributed by atoms with Crippen LogP contribution in [0, 0.1) is 0 Å². The number of halogens is 1. The number of carbonyl (C=O) groups is 1. The number of hydrogen-bond acceptors (Lipinski definition) is 5. The van der Waals surface area contributed by atoms with Crippen molar-refractivity contribution in [1.29, 1.82) is 0 Å². The number of amides is 1. The third-order valence-electron chi connectivity index (χ3n) is 4.03. The van der Waals surface area contributed by atoms with Gasteiger partial charge in [0.2, 0.25) is 5.91 Å². The zero-order chi connectivity index (χ0) is 15.6. The van der Waals surface area contributed by atoms with Gasteiger partial charge in [-0.1, -0.05) is 11.6 Å². The average Bonchev–Trinajstić information content (AvgIpc) is 2.97. The molecule has 2 heterocycles. The molecule has 0 spiro atoms. The van der Waals surface area contributed by atoms with Crippen LogP contribution in [0.1, 0.15) is 6.42 Å². The van der Waals surface area contributed by atoms with E-state index in [1.807, 2.05) is 11.0 Å². The Morgan fingerprint density at radius 2 is 2.32 bits per heavy atom. The van der Waals surface area contributed by atoms with Gasteiger partial charge in [-0.3, -0.25) is 4.79 Å². The summed E-state index contributed by atoms with van der Waals surface area (Å²) in [5.74, 6) is 0.580. The summed E-state index contributed by atoms with van der Waals surface area (Å²) in [7, 11) is 0. The van der Waals surface area contributed by atoms with E-state index in [0.717, 1.165) is 11.4 Å². The summed E-state index contributed by atoms with van der Waals surface area (Å²) in [6.07, 6.45) is 0.626. The normalized spacial score (nSPS) is 23.8. The standard InChI is InChI=1S/C15H19ClN2O4/c16-11-1-2-13-12(7-11)18(4-6-22-13)8-14(20)17-15(9-19)3-5-21-10-15/h1-2,7,19H,3-6,8-10H2,(H,17,20)/t15-/m0/s1. The summed E-state index contributed by atoms with van der Waals surface area (Å²) in [5, 5.41) is 13.0. The summed E-state index contributed by atoms with van der Waals surface area (Å²) in [6, 6.07) is 5.37. The second-order valence-corrected chi connectivity index (χ2v) is 6.11. The first-order valence-electron chi connectivity index (χ1n) is 7.29. The zero-order valence-electron chi connectivity index (χ0n) is 12.2. The Balaban J connectivity index is 1.69. The van der Waals surface area contributed by atoms with Crippen molar-refractivity contribution in [3.05, 3.63) is 23.2 Å². The lowest BCUT2D eigenvalue weighted by Crippen LogP contribution is -2.55. The molecule has 6 nitrogen and oxygen atoms in total. The Labute approximate surface area is 134 Å². The van der Waals surface area contributed by atoms with E-state index in [0.29, 0.717) is 37.8 Å². The van der Waals surface area contributed by atoms with E-state index in [9.17, 15) is 9.90 Å². The van der Waals surface area contributed by atoms with Crippen LogP contribution in [0.15, 0.2) is 18.2 Å². The van der Waals surface area contributed by atoms with E-state index < -0.39 is 5.54 Å². The molecule has 1 atom stereocenters. The molecule has 2 aliphatic rings. The van der Waals surface area contributed by atoms with Crippen molar-refractivity contribution in [2.45, 2.75) is 12.0 Å². The highest BCUT2D eigenvalue weighted by molar-refractivity contribution is 6.31. The lowest BCUT2D eigenvalue weighted by molar-refractivity contribution is -0.122. The molecule has 1 aromatic rings. The molecule has 1 amide bonds. The third-order valence-corrected chi connectivity index (χ3v) is 4.26. The smallest absolute Gasteiger partial charge is 0.240 e. The first kappa shape index (κ1) is 15.4. The van der Waals surface area contributed by atoms with Crippen molar-refractivity contribution in [2.75, 3.05) is 44.4 Å². The van der Waals surface area contributed by atoms with E-state index in [4.69, 9.17) is 21.1 Å². The van der Waals surface area contributed by atoms with E-state index in [2.05, 4.69) is 5.32 Å². The van der Waals surface area contributed by atoms with Gasteiger partial charge in [0, 0.05) is 11.6 Å². The van der Waals surface area contributed by atoms with Crippen LogP contribution in [-0.2, 0) is 9.53 Å². The maximum absolute atomic E-state index is 12.3. The molecule has 0 saturated carbocycles. The number of benzene rings is 1. The number of aliphatic hydroxyl groups is 1. The predicted molar refractivity (Wildman–Crippen MR) is 82.6 cm³/mol. The molecule has 2 N–H and O–H groups in total. The number of carbonyl (C=O) groups excluding carboxylic acids is 1. The second kappa shape index (κ2) is 6.32. The summed E-state index contributed by atoms with van der Waals surface area (Å²) < 4.78 is 10.9. The minimum atomic E-state index is -0.652. The van der Waals surface area contributed by atoms with Crippen LogP contribution in [0.2, 0.25) is 5.02 Å². The van der Waals surface area contributed by atoms with Crippen LogP contribution in [0.5, 0.6) is 5.75 Å². The molecule has 1 aromatic carbocycles. The maximum Gasteiger partial charge on any atom is 0.240 e. The van der Waals surface area contributed by atoms with E-state index in [1.165, 1.54) is 0 Å². The number of nitrogens with one attached hydrogen (secondary N) is 1. The van der Waals surface area contributed by atoms with Crippen LogP contribution < -0.4 is 15.0 Å². The minimum Gasteiger partial charge on any atom is -0.490 e. The number of aliphatic hydroxyl groups excluding tert-OH is 1. The lowest BCUT2D eigenvalue weighted by atomic mass is 10.00. The Bertz CT molecular complexity index is 560. The number of ether oxygens (including phenoxy) is 2. The first-order chi connectivity index (χ1) is 10.6. The summed E-state index contributed by atoms with van der Waals surface area (Å²) in [5.41, 5.74) is 0.162. The fourth-order valence-electron chi connectivity index (χ4n) is 2.79. The van der Waals surface area contributed by atoms with Gasteiger partial charge in [-0.25, -0.2) is 0 Å². The summed E-state index contributed by atoms with van der Waals surface area (Å²) in [4.78, 5) is 14.3. The van der Waals surface area contributed by atoms with E-state index in [-0.39, 0.29) is 19.1 Å². The zero-order valence-corrected chi connectivity index (χ0v) is 12.9. The number of anilines is 1. The van der Waals surface area contributed by atoms with Crippen LogP contribution >= 0.6 is 11.6 Å². The quantitative estimate of drug-likeness (QED) is 0.856. The van der Waals surface area contributed by atoms with Crippen molar-refractivity contribution < 1.29 is 19.4 Å². The van der Waals surface area contributed by atoms with Gasteiger partial charge in [0.15, 0.2) is 0 Å². The number of hydrogen-bond donors (Lipinski definition) is 2. The SMILES string of the molecule is O=C(CN1CCOc2ccc(Cl)cc21)N[C@]1(CO)CCOC1. The van der Waals surface area contributed by atoms with Gasteiger partial charge < -0.3 is 24.8 Å². The monoisotopic (exact) mass is 326 g/mol. The van der Waals surface area contributed by atoms with Gasteiger partial charge in [-0.2, -0.15) is 0 Å². The minimum absolute atomic E-state index is 0.121. The number of nitrogens with zero attached hydrogens (tertiary/aromatic N) is 1. The first-order valence-corrected chi connectivity index (χ1v) is 7.67. The van der Waals surface area contributed by atoms with Gasteiger partial charge >= 0.3 is 0 Å². The highest BCUT2D eigenvalue weighted by atomic mass is 35.5. The fourth-order valence-corrected chi connectivity index (χ4v) is 2.96. The molecule has 7 heteroatoms. The number of rotatable bonds is 4. The van der Waals surface area contributed by atoms with Crippen molar-refractivity contribution >= 4 is 23.2 Å². The Morgan fingerprint density at radius 1 is 1.45 bits per heavy atom. The summed E-state index contributed by atoms with van der Waals surface area (Å²) in [6.45, 7) is 2.11. The number of fused-ring (bicyclic) bond motifs is 1. The molecule has 0 radical (unpaired) electrons. The van der Waals surface area contributed by atoms with Gasteiger partial charge in [-0.05, 0) is 24.6 Å². The van der Waals surface area contributed by atoms with E-state index >= 15 is 0 Å². The van der Waals surface area contributed by atoms with Crippen LogP contribution in [-0.4, -0.2) is 56.1 Å². The van der Waals surface area contributed by atoms with Crippen LogP contribution in [0.25, 0.3) is 0 Å². The molecular formula is C15H19ClN2O4. The average molecular weight is 327 g/mol. The lowest BCUT2D eigenvalue weighted by Gasteiger charge is -2.33. The highest BCUT2D eigenvalue weighted by Gasteiger charge is 2.36. The molecule has 120 valence electrons. The third kappa shape index (κ3) is 3.14. The Morgan fingerprint density at radius 3 is 3.05 bits per heavy atom. The summed E-state index contributed by atoms with van der Waals surface area (Å²) >= 11 is 6.03. The van der Waals surface area contributed by atoms with E-state index in [1.54, 1.807) is 12.1 Å². The molecule has 1 saturated heterocycles. The molecular weight excluding hydrogens is 308 g/mol. The maximum atomic E-state index is 12.3. The highest BCUT2D eigenvalue weighted by Crippen LogP contribution is 2.33.